The molecule has 1 heterocycles. The third kappa shape index (κ3) is 3.91. The van der Waals surface area contributed by atoms with Crippen LogP contribution in [0.5, 0.6) is 0 Å². The molecule has 20 heavy (non-hydrogen) atoms. The molecule has 1 rings (SSSR count). The summed E-state index contributed by atoms with van der Waals surface area (Å²) in [5.41, 5.74) is -0.699. The van der Waals surface area contributed by atoms with Gasteiger partial charge in [0.05, 0.1) is 4.92 Å². The van der Waals surface area contributed by atoms with Crippen LogP contribution in [0.15, 0.2) is 12.3 Å². The summed E-state index contributed by atoms with van der Waals surface area (Å²) in [5, 5.41) is 16.6. The maximum atomic E-state index is 12.3. The van der Waals surface area contributed by atoms with Crippen molar-refractivity contribution in [3.63, 3.8) is 0 Å². The van der Waals surface area contributed by atoms with Gasteiger partial charge in [-0.1, -0.05) is 13.3 Å². The molecule has 0 aliphatic heterocycles. The number of amides is 1. The second-order valence-electron chi connectivity index (χ2n) is 5.18. The summed E-state index contributed by atoms with van der Waals surface area (Å²) in [6, 6.07) is 1.38. The number of rotatable bonds is 6. The zero-order valence-electron chi connectivity index (χ0n) is 12.2. The van der Waals surface area contributed by atoms with E-state index in [1.807, 2.05) is 20.8 Å². The summed E-state index contributed by atoms with van der Waals surface area (Å²) in [6.45, 7) is 5.79. The molecule has 0 saturated heterocycles. The second-order valence-corrected chi connectivity index (χ2v) is 5.18. The lowest BCUT2D eigenvalue weighted by atomic mass is 9.98. The van der Waals surface area contributed by atoms with Gasteiger partial charge in [-0.25, -0.2) is 4.98 Å². The van der Waals surface area contributed by atoms with E-state index < -0.39 is 16.4 Å². The van der Waals surface area contributed by atoms with Crippen LogP contribution in [0.4, 0.5) is 11.5 Å². The summed E-state index contributed by atoms with van der Waals surface area (Å²) in [5.74, 6) is -0.0527. The van der Waals surface area contributed by atoms with Crippen LogP contribution >= 0.6 is 0 Å². The van der Waals surface area contributed by atoms with E-state index in [9.17, 15) is 14.9 Å². The van der Waals surface area contributed by atoms with E-state index in [1.54, 1.807) is 7.05 Å². The first-order valence-corrected chi connectivity index (χ1v) is 6.45. The second kappa shape index (κ2) is 6.31. The van der Waals surface area contributed by atoms with Crippen LogP contribution in [0, 0.1) is 10.1 Å². The average Bonchev–Trinajstić information content (AvgIpc) is 2.37. The molecule has 0 atom stereocenters. The van der Waals surface area contributed by atoms with E-state index in [0.717, 1.165) is 19.0 Å². The van der Waals surface area contributed by atoms with Gasteiger partial charge in [-0.05, 0) is 20.3 Å². The molecule has 0 radical (unpaired) electrons. The fourth-order valence-corrected chi connectivity index (χ4v) is 1.97. The van der Waals surface area contributed by atoms with Gasteiger partial charge >= 0.3 is 0 Å². The van der Waals surface area contributed by atoms with Crippen LogP contribution in [0.3, 0.4) is 0 Å². The summed E-state index contributed by atoms with van der Waals surface area (Å²) in [6.07, 6.45) is 2.79. The minimum Gasteiger partial charge on any atom is -0.373 e. The Balaban J connectivity index is 3.10. The van der Waals surface area contributed by atoms with E-state index in [0.29, 0.717) is 5.82 Å². The standard InChI is InChI=1S/C13H20N4O3/c1-5-6-13(2,3)16-12(18)9-7-11(14-4)15-8-10(9)17(19)20/h7-8H,5-6H2,1-4H3,(H,14,15)(H,16,18). The molecule has 0 fully saturated rings. The zero-order chi connectivity index (χ0) is 15.3. The maximum Gasteiger partial charge on any atom is 0.300 e. The molecule has 110 valence electrons. The number of nitrogens with one attached hydrogen (secondary N) is 2. The number of nitrogens with zero attached hydrogens (tertiary/aromatic N) is 2. The lowest BCUT2D eigenvalue weighted by molar-refractivity contribution is -0.385. The number of hydrogen-bond donors (Lipinski definition) is 2. The van der Waals surface area contributed by atoms with Crippen molar-refractivity contribution in [2.24, 2.45) is 0 Å². The lowest BCUT2D eigenvalue weighted by Gasteiger charge is -2.25. The summed E-state index contributed by atoms with van der Waals surface area (Å²) in [7, 11) is 1.64. The maximum absolute atomic E-state index is 12.3. The molecule has 0 aliphatic rings. The van der Waals surface area contributed by atoms with Crippen molar-refractivity contribution in [3.8, 4) is 0 Å². The highest BCUT2D eigenvalue weighted by Crippen LogP contribution is 2.21. The highest BCUT2D eigenvalue weighted by Gasteiger charge is 2.26. The highest BCUT2D eigenvalue weighted by atomic mass is 16.6. The molecule has 7 heteroatoms. The number of carbonyl (C=O) groups is 1. The normalized spacial score (nSPS) is 11.0. The van der Waals surface area contributed by atoms with Gasteiger partial charge in [0.1, 0.15) is 17.6 Å². The molecular weight excluding hydrogens is 260 g/mol. The van der Waals surface area contributed by atoms with E-state index >= 15 is 0 Å². The number of carbonyl (C=O) groups excluding carboxylic acids is 1. The first-order valence-electron chi connectivity index (χ1n) is 6.45. The first kappa shape index (κ1) is 15.9. The lowest BCUT2D eigenvalue weighted by Crippen LogP contribution is -2.43. The van der Waals surface area contributed by atoms with Crippen molar-refractivity contribution in [2.75, 3.05) is 12.4 Å². The van der Waals surface area contributed by atoms with E-state index in [4.69, 9.17) is 0 Å². The minimum atomic E-state index is -0.603. The molecule has 0 saturated carbocycles. The topological polar surface area (TPSA) is 97.2 Å². The largest absolute Gasteiger partial charge is 0.373 e. The van der Waals surface area contributed by atoms with Crippen molar-refractivity contribution < 1.29 is 9.72 Å². The Labute approximate surface area is 117 Å². The third-order valence-electron chi connectivity index (χ3n) is 2.91. The van der Waals surface area contributed by atoms with Crippen molar-refractivity contribution in [3.05, 3.63) is 27.9 Å². The Morgan fingerprint density at radius 2 is 2.15 bits per heavy atom. The minimum absolute atomic E-state index is 0.0125. The number of nitro groups is 1. The quantitative estimate of drug-likeness (QED) is 0.615. The van der Waals surface area contributed by atoms with Gasteiger partial charge in [0, 0.05) is 18.7 Å². The SMILES string of the molecule is CCCC(C)(C)NC(=O)c1cc(NC)ncc1[N+](=O)[O-]. The number of hydrogen-bond acceptors (Lipinski definition) is 5. The van der Waals surface area contributed by atoms with Crippen molar-refractivity contribution in [1.29, 1.82) is 0 Å². The smallest absolute Gasteiger partial charge is 0.300 e. The summed E-state index contributed by atoms with van der Waals surface area (Å²) in [4.78, 5) is 26.5. The van der Waals surface area contributed by atoms with Gasteiger partial charge in [0.2, 0.25) is 0 Å². The van der Waals surface area contributed by atoms with Crippen LogP contribution in [-0.2, 0) is 0 Å². The van der Waals surface area contributed by atoms with E-state index in [2.05, 4.69) is 15.6 Å². The van der Waals surface area contributed by atoms with Crippen LogP contribution in [0.25, 0.3) is 0 Å². The van der Waals surface area contributed by atoms with Gasteiger partial charge in [0.25, 0.3) is 11.6 Å². The van der Waals surface area contributed by atoms with Crippen molar-refractivity contribution >= 4 is 17.4 Å². The number of pyridine rings is 1. The fourth-order valence-electron chi connectivity index (χ4n) is 1.97. The fraction of sp³-hybridized carbons (Fsp3) is 0.538. The predicted octanol–water partition coefficient (Wildman–Crippen LogP) is 2.34. The van der Waals surface area contributed by atoms with Gasteiger partial charge < -0.3 is 10.6 Å². The van der Waals surface area contributed by atoms with E-state index in [1.165, 1.54) is 6.07 Å². The summed E-state index contributed by atoms with van der Waals surface area (Å²) < 4.78 is 0. The molecule has 1 aromatic rings. The number of aromatic nitrogens is 1. The summed E-state index contributed by atoms with van der Waals surface area (Å²) >= 11 is 0. The van der Waals surface area contributed by atoms with Crippen LogP contribution < -0.4 is 10.6 Å². The van der Waals surface area contributed by atoms with Gasteiger partial charge in [0.15, 0.2) is 0 Å². The van der Waals surface area contributed by atoms with E-state index in [-0.39, 0.29) is 11.3 Å². The number of anilines is 1. The Morgan fingerprint density at radius 1 is 1.50 bits per heavy atom. The Morgan fingerprint density at radius 3 is 2.65 bits per heavy atom. The molecule has 1 aromatic heterocycles. The van der Waals surface area contributed by atoms with Gasteiger partial charge in [-0.3, -0.25) is 14.9 Å². The van der Waals surface area contributed by atoms with Gasteiger partial charge in [-0.2, -0.15) is 0 Å². The molecular formula is C13H20N4O3. The molecule has 0 spiro atoms. The van der Waals surface area contributed by atoms with Crippen molar-refractivity contribution in [2.45, 2.75) is 39.2 Å². The Hall–Kier alpha value is -2.18. The highest BCUT2D eigenvalue weighted by molar-refractivity contribution is 5.99. The molecule has 2 N–H and O–H groups in total. The molecule has 0 unspecified atom stereocenters. The first-order chi connectivity index (χ1) is 9.30. The Kier molecular flexibility index (Phi) is 5.01. The zero-order valence-corrected chi connectivity index (χ0v) is 12.2. The predicted molar refractivity (Wildman–Crippen MR) is 76.9 cm³/mol. The monoisotopic (exact) mass is 280 g/mol. The molecule has 0 bridgehead atoms. The van der Waals surface area contributed by atoms with Crippen LogP contribution in [0.2, 0.25) is 0 Å². The molecule has 7 nitrogen and oxygen atoms in total. The molecule has 0 aromatic carbocycles. The molecule has 0 aliphatic carbocycles. The van der Waals surface area contributed by atoms with Crippen molar-refractivity contribution in [1.82, 2.24) is 10.3 Å². The molecule has 1 amide bonds. The van der Waals surface area contributed by atoms with Crippen LogP contribution in [-0.4, -0.2) is 28.4 Å². The third-order valence-corrected chi connectivity index (χ3v) is 2.91. The average molecular weight is 280 g/mol. The van der Waals surface area contributed by atoms with Crippen LogP contribution in [0.1, 0.15) is 44.0 Å². The van der Waals surface area contributed by atoms with Gasteiger partial charge in [-0.15, -0.1) is 0 Å². The Bertz CT molecular complexity index is 514.